The summed E-state index contributed by atoms with van der Waals surface area (Å²) >= 11 is 0. The lowest BCUT2D eigenvalue weighted by Crippen LogP contribution is -2.48. The molecule has 0 aromatic heterocycles. The zero-order chi connectivity index (χ0) is 6.85. The minimum Gasteiger partial charge on any atom is -0.453 e. The Labute approximate surface area is 54.6 Å². The van der Waals surface area contributed by atoms with E-state index in [2.05, 4.69) is 11.7 Å². The molecule has 0 atom stereocenters. The number of carbonyl (C=O) groups excluding carboxylic acids is 1. The predicted octanol–water partition coefficient (Wildman–Crippen LogP) is 0.519. The van der Waals surface area contributed by atoms with Gasteiger partial charge in [-0.15, -0.1) is 0 Å². The topological polar surface area (TPSA) is 29.5 Å². The van der Waals surface area contributed by atoms with Crippen LogP contribution in [0.25, 0.3) is 0 Å². The number of hydrogen-bond acceptors (Lipinski definition) is 2. The molecule has 1 heterocycles. The van der Waals surface area contributed by atoms with Crippen molar-refractivity contribution in [2.75, 3.05) is 20.2 Å². The van der Waals surface area contributed by atoms with Crippen LogP contribution < -0.4 is 0 Å². The van der Waals surface area contributed by atoms with Gasteiger partial charge in [0.25, 0.3) is 0 Å². The zero-order valence-corrected chi connectivity index (χ0v) is 5.46. The van der Waals surface area contributed by atoms with Crippen LogP contribution in [0.2, 0.25) is 0 Å². The summed E-state index contributed by atoms with van der Waals surface area (Å²) in [5.74, 6) is 0.407. The van der Waals surface area contributed by atoms with Gasteiger partial charge >= 0.3 is 6.09 Å². The number of nitrogens with zero attached hydrogens (tertiary/aromatic N) is 1. The fraction of sp³-hybridized carbons (Fsp3) is 0.667. The zero-order valence-electron chi connectivity index (χ0n) is 5.46. The van der Waals surface area contributed by atoms with E-state index in [-0.39, 0.29) is 6.09 Å². The van der Waals surface area contributed by atoms with Gasteiger partial charge < -0.3 is 9.64 Å². The van der Waals surface area contributed by atoms with Gasteiger partial charge in [0.05, 0.1) is 7.11 Å². The Morgan fingerprint density at radius 3 is 2.67 bits per heavy atom. The number of amides is 1. The second kappa shape index (κ2) is 2.25. The highest BCUT2D eigenvalue weighted by Crippen LogP contribution is 2.13. The Morgan fingerprint density at radius 2 is 2.33 bits per heavy atom. The van der Waals surface area contributed by atoms with Crippen molar-refractivity contribution in [1.82, 2.24) is 4.90 Å². The summed E-state index contributed by atoms with van der Waals surface area (Å²) < 4.78 is 4.46. The lowest BCUT2D eigenvalue weighted by molar-refractivity contribution is 0.0803. The van der Waals surface area contributed by atoms with E-state index in [1.807, 2.05) is 0 Å². The van der Waals surface area contributed by atoms with Crippen molar-refractivity contribution in [2.24, 2.45) is 5.92 Å². The normalized spacial score (nSPS) is 19.1. The van der Waals surface area contributed by atoms with Crippen molar-refractivity contribution in [2.45, 2.75) is 0 Å². The number of methoxy groups -OCH3 is 1. The van der Waals surface area contributed by atoms with E-state index < -0.39 is 0 Å². The van der Waals surface area contributed by atoms with Crippen LogP contribution in [0.15, 0.2) is 0 Å². The molecule has 51 valence electrons. The van der Waals surface area contributed by atoms with Gasteiger partial charge in [-0.05, 0) is 12.8 Å². The van der Waals surface area contributed by atoms with Crippen molar-refractivity contribution in [1.29, 1.82) is 0 Å². The quantitative estimate of drug-likeness (QED) is 0.476. The summed E-state index contributed by atoms with van der Waals surface area (Å²) in [4.78, 5) is 12.2. The molecule has 0 aromatic carbocycles. The van der Waals surface area contributed by atoms with Gasteiger partial charge in [-0.2, -0.15) is 0 Å². The molecule has 1 radical (unpaired) electrons. The molecule has 3 nitrogen and oxygen atoms in total. The average Bonchev–Trinajstić information content (AvgIpc) is 1.79. The molecule has 1 amide bonds. The maximum Gasteiger partial charge on any atom is 0.409 e. The first-order chi connectivity index (χ1) is 4.24. The molecule has 0 spiro atoms. The summed E-state index contributed by atoms with van der Waals surface area (Å²) in [5.41, 5.74) is 0. The lowest BCUT2D eigenvalue weighted by Gasteiger charge is -2.35. The van der Waals surface area contributed by atoms with Gasteiger partial charge in [0.2, 0.25) is 0 Å². The van der Waals surface area contributed by atoms with Crippen molar-refractivity contribution in [3.63, 3.8) is 0 Å². The maximum absolute atomic E-state index is 10.6. The number of hydrogen-bond donors (Lipinski definition) is 0. The van der Waals surface area contributed by atoms with Gasteiger partial charge in [-0.3, -0.25) is 0 Å². The van der Waals surface area contributed by atoms with E-state index in [0.29, 0.717) is 5.92 Å². The summed E-state index contributed by atoms with van der Waals surface area (Å²) in [6.07, 6.45) is -0.241. The highest BCUT2D eigenvalue weighted by atomic mass is 16.5. The standard InChI is InChI=1S/C6H10NO2/c1-5-3-7(4-5)6(8)9-2/h5H,1,3-4H2,2H3. The van der Waals surface area contributed by atoms with Crippen molar-refractivity contribution < 1.29 is 9.53 Å². The maximum atomic E-state index is 10.6. The van der Waals surface area contributed by atoms with Crippen LogP contribution in [0.5, 0.6) is 0 Å². The molecule has 0 saturated carbocycles. The monoisotopic (exact) mass is 128 g/mol. The van der Waals surface area contributed by atoms with Crippen LogP contribution in [-0.4, -0.2) is 31.2 Å². The number of carbonyl (C=O) groups is 1. The summed E-state index contributed by atoms with van der Waals surface area (Å²) in [5, 5.41) is 0. The summed E-state index contributed by atoms with van der Waals surface area (Å²) in [7, 11) is 1.39. The fourth-order valence-electron chi connectivity index (χ4n) is 0.848. The largest absolute Gasteiger partial charge is 0.453 e. The molecule has 3 heteroatoms. The van der Waals surface area contributed by atoms with E-state index >= 15 is 0 Å². The first kappa shape index (κ1) is 6.39. The second-order valence-electron chi connectivity index (χ2n) is 2.24. The molecule has 0 aliphatic carbocycles. The molecule has 0 bridgehead atoms. The number of ether oxygens (including phenoxy) is 1. The van der Waals surface area contributed by atoms with E-state index in [1.54, 1.807) is 4.90 Å². The highest BCUT2D eigenvalue weighted by Gasteiger charge is 2.27. The molecular weight excluding hydrogens is 118 g/mol. The first-order valence-electron chi connectivity index (χ1n) is 2.90. The van der Waals surface area contributed by atoms with Crippen molar-refractivity contribution in [3.8, 4) is 0 Å². The summed E-state index contributed by atoms with van der Waals surface area (Å²) in [6, 6.07) is 0. The molecule has 9 heavy (non-hydrogen) atoms. The number of rotatable bonds is 0. The molecule has 0 N–H and O–H groups in total. The first-order valence-corrected chi connectivity index (χ1v) is 2.90. The number of likely N-dealkylation sites (tertiary alicyclic amines) is 1. The van der Waals surface area contributed by atoms with E-state index in [1.165, 1.54) is 7.11 Å². The van der Waals surface area contributed by atoms with Crippen molar-refractivity contribution >= 4 is 6.09 Å². The van der Waals surface area contributed by atoms with Gasteiger partial charge in [0.15, 0.2) is 0 Å². The van der Waals surface area contributed by atoms with Crippen molar-refractivity contribution in [3.05, 3.63) is 6.92 Å². The van der Waals surface area contributed by atoms with E-state index in [4.69, 9.17) is 0 Å². The van der Waals surface area contributed by atoms with Crippen LogP contribution in [-0.2, 0) is 4.74 Å². The molecule has 1 saturated heterocycles. The Bertz CT molecular complexity index is 118. The Hall–Kier alpha value is -0.730. The van der Waals surface area contributed by atoms with Gasteiger partial charge in [0, 0.05) is 13.1 Å². The van der Waals surface area contributed by atoms with Crippen LogP contribution in [0.3, 0.4) is 0 Å². The summed E-state index contributed by atoms with van der Waals surface area (Å²) in [6.45, 7) is 5.25. The third-order valence-electron chi connectivity index (χ3n) is 1.39. The Morgan fingerprint density at radius 1 is 1.78 bits per heavy atom. The van der Waals surface area contributed by atoms with Crippen LogP contribution in [0.4, 0.5) is 4.79 Å². The van der Waals surface area contributed by atoms with E-state index in [9.17, 15) is 4.79 Å². The molecular formula is C6H10NO2. The molecule has 1 rings (SSSR count). The minimum absolute atomic E-state index is 0.241. The van der Waals surface area contributed by atoms with Crippen LogP contribution in [0.1, 0.15) is 0 Å². The minimum atomic E-state index is -0.241. The third-order valence-corrected chi connectivity index (χ3v) is 1.39. The fourth-order valence-corrected chi connectivity index (χ4v) is 0.848. The Balaban J connectivity index is 2.23. The Kier molecular flexibility index (Phi) is 1.60. The van der Waals surface area contributed by atoms with Gasteiger partial charge in [-0.25, -0.2) is 4.79 Å². The van der Waals surface area contributed by atoms with E-state index in [0.717, 1.165) is 13.1 Å². The highest BCUT2D eigenvalue weighted by molar-refractivity contribution is 5.68. The third kappa shape index (κ3) is 1.15. The van der Waals surface area contributed by atoms with Crippen LogP contribution >= 0.6 is 0 Å². The second-order valence-corrected chi connectivity index (χ2v) is 2.24. The van der Waals surface area contributed by atoms with Gasteiger partial charge in [0.1, 0.15) is 0 Å². The molecule has 1 aliphatic heterocycles. The SMILES string of the molecule is [CH2]C1CN(C(=O)OC)C1. The molecule has 0 aromatic rings. The lowest BCUT2D eigenvalue weighted by atomic mass is 10.0. The molecule has 0 unspecified atom stereocenters. The van der Waals surface area contributed by atoms with Crippen LogP contribution in [0, 0.1) is 12.8 Å². The smallest absolute Gasteiger partial charge is 0.409 e. The molecule has 1 fully saturated rings. The predicted molar refractivity (Wildman–Crippen MR) is 32.8 cm³/mol. The average molecular weight is 128 g/mol. The van der Waals surface area contributed by atoms with Gasteiger partial charge in [-0.1, -0.05) is 0 Å². The molecule has 1 aliphatic rings.